The van der Waals surface area contributed by atoms with Crippen molar-refractivity contribution in [3.63, 3.8) is 0 Å². The Bertz CT molecular complexity index is 415. The minimum atomic E-state index is -0.158. The maximum absolute atomic E-state index is 12.9. The van der Waals surface area contributed by atoms with E-state index in [2.05, 4.69) is 31.0 Å². The molecule has 2 heterocycles. The van der Waals surface area contributed by atoms with Gasteiger partial charge in [0.25, 0.3) is 0 Å². The number of fused-ring (bicyclic) bond motifs is 2. The Morgan fingerprint density at radius 3 is 2.67 bits per heavy atom. The molecule has 0 aromatic rings. The van der Waals surface area contributed by atoms with Crippen LogP contribution in [0.15, 0.2) is 0 Å². The number of nitrogens with zero attached hydrogens (tertiary/aromatic N) is 1. The molecule has 1 N–H and O–H groups in total. The van der Waals surface area contributed by atoms with Crippen LogP contribution in [0.2, 0.25) is 0 Å². The highest BCUT2D eigenvalue weighted by Crippen LogP contribution is 2.52. The molecule has 2 unspecified atom stereocenters. The van der Waals surface area contributed by atoms with Crippen molar-refractivity contribution in [2.45, 2.75) is 65.1 Å². The fourth-order valence-corrected chi connectivity index (χ4v) is 4.91. The SMILES string of the molecule is C[C@H]1OCCN[C@@H]1C(=O)N1CC2(C)CC1CC(C)(C)C2.Cl. The Morgan fingerprint density at radius 1 is 1.29 bits per heavy atom. The lowest BCUT2D eigenvalue weighted by Crippen LogP contribution is -2.57. The molecule has 0 aromatic carbocycles. The summed E-state index contributed by atoms with van der Waals surface area (Å²) in [6.45, 7) is 11.4. The molecule has 2 bridgehead atoms. The number of carbonyl (C=O) groups excluding carboxylic acids is 1. The number of nitrogens with one attached hydrogen (secondary N) is 1. The van der Waals surface area contributed by atoms with Crippen LogP contribution in [0.25, 0.3) is 0 Å². The van der Waals surface area contributed by atoms with Crippen molar-refractivity contribution >= 4 is 18.3 Å². The van der Waals surface area contributed by atoms with Gasteiger partial charge in [-0.15, -0.1) is 12.4 Å². The van der Waals surface area contributed by atoms with Crippen LogP contribution in [0.1, 0.15) is 47.0 Å². The number of hydrogen-bond acceptors (Lipinski definition) is 3. The summed E-state index contributed by atoms with van der Waals surface area (Å²) in [5.41, 5.74) is 0.662. The number of rotatable bonds is 1. The van der Waals surface area contributed by atoms with E-state index in [1.807, 2.05) is 6.92 Å². The molecule has 21 heavy (non-hydrogen) atoms. The Hall–Kier alpha value is -0.320. The van der Waals surface area contributed by atoms with Gasteiger partial charge in [0.15, 0.2) is 0 Å². The number of halogens is 1. The molecule has 4 nitrogen and oxygen atoms in total. The smallest absolute Gasteiger partial charge is 0.242 e. The normalized spacial score (nSPS) is 41.5. The Balaban J connectivity index is 0.00000161. The molecule has 2 saturated heterocycles. The van der Waals surface area contributed by atoms with Crippen molar-refractivity contribution in [2.24, 2.45) is 10.8 Å². The van der Waals surface area contributed by atoms with Gasteiger partial charge in [-0.3, -0.25) is 4.79 Å². The van der Waals surface area contributed by atoms with Gasteiger partial charge < -0.3 is 15.0 Å². The predicted octanol–water partition coefficient (Wildman–Crippen LogP) is 2.21. The molecule has 3 aliphatic rings. The lowest BCUT2D eigenvalue weighted by Gasteiger charge is -2.40. The Kier molecular flexibility index (Phi) is 4.63. The average Bonchev–Trinajstić information content (AvgIpc) is 2.58. The van der Waals surface area contributed by atoms with Crippen molar-refractivity contribution < 1.29 is 9.53 Å². The number of hydrogen-bond donors (Lipinski definition) is 1. The predicted molar refractivity (Wildman–Crippen MR) is 85.7 cm³/mol. The molecular formula is C16H29ClN2O2. The molecule has 0 radical (unpaired) electrons. The number of morpholine rings is 1. The van der Waals surface area contributed by atoms with Gasteiger partial charge in [-0.25, -0.2) is 0 Å². The minimum absolute atomic E-state index is 0. The summed E-state index contributed by atoms with van der Waals surface area (Å²) >= 11 is 0. The zero-order valence-corrected chi connectivity index (χ0v) is 14.5. The third-order valence-electron chi connectivity index (χ3n) is 5.28. The lowest BCUT2D eigenvalue weighted by atomic mass is 9.65. The van der Waals surface area contributed by atoms with Gasteiger partial charge in [0.1, 0.15) is 6.04 Å². The van der Waals surface area contributed by atoms with Gasteiger partial charge in [0.05, 0.1) is 12.7 Å². The summed E-state index contributed by atoms with van der Waals surface area (Å²) in [4.78, 5) is 15.0. The highest BCUT2D eigenvalue weighted by molar-refractivity contribution is 5.85. The summed E-state index contributed by atoms with van der Waals surface area (Å²) < 4.78 is 5.64. The molecule has 1 amide bonds. The van der Waals surface area contributed by atoms with E-state index < -0.39 is 0 Å². The summed E-state index contributed by atoms with van der Waals surface area (Å²) in [5.74, 6) is 0.253. The highest BCUT2D eigenvalue weighted by Gasteiger charge is 2.52. The Morgan fingerprint density at radius 2 is 2.00 bits per heavy atom. The molecule has 0 aromatic heterocycles. The van der Waals surface area contributed by atoms with E-state index in [4.69, 9.17) is 4.74 Å². The van der Waals surface area contributed by atoms with Crippen LogP contribution in [0.3, 0.4) is 0 Å². The van der Waals surface area contributed by atoms with E-state index in [9.17, 15) is 4.79 Å². The number of amides is 1. The summed E-state index contributed by atoms with van der Waals surface area (Å²) in [5, 5.41) is 3.34. The summed E-state index contributed by atoms with van der Waals surface area (Å²) in [6, 6.07) is 0.266. The monoisotopic (exact) mass is 316 g/mol. The molecule has 3 fully saturated rings. The molecule has 0 spiro atoms. The van der Waals surface area contributed by atoms with Gasteiger partial charge in [0.2, 0.25) is 5.91 Å². The molecule has 1 aliphatic carbocycles. The second-order valence-electron chi connectivity index (χ2n) is 8.19. The second kappa shape index (κ2) is 5.71. The first-order valence-electron chi connectivity index (χ1n) is 7.95. The van der Waals surface area contributed by atoms with Crippen LogP contribution in [0.5, 0.6) is 0 Å². The largest absolute Gasteiger partial charge is 0.375 e. The van der Waals surface area contributed by atoms with Gasteiger partial charge >= 0.3 is 0 Å². The fourth-order valence-electron chi connectivity index (χ4n) is 4.91. The van der Waals surface area contributed by atoms with Crippen molar-refractivity contribution in [2.75, 3.05) is 19.7 Å². The number of ether oxygens (including phenoxy) is 1. The lowest BCUT2D eigenvalue weighted by molar-refractivity contribution is -0.140. The molecule has 122 valence electrons. The van der Waals surface area contributed by atoms with E-state index in [-0.39, 0.29) is 30.5 Å². The standard InChI is InChI=1S/C16H28N2O2.ClH/c1-11-13(17-5-6-20-11)14(19)18-10-16(4)8-12(18)7-15(2,3)9-16;/h11-13,17H,5-10H2,1-4H3;1H/t11-,12?,13+,16?;/m1./s1. The molecule has 1 saturated carbocycles. The first kappa shape index (κ1) is 17.0. The van der Waals surface area contributed by atoms with E-state index >= 15 is 0 Å². The molecule has 5 heteroatoms. The van der Waals surface area contributed by atoms with E-state index in [0.29, 0.717) is 23.5 Å². The van der Waals surface area contributed by atoms with Gasteiger partial charge in [0, 0.05) is 19.1 Å². The summed E-state index contributed by atoms with van der Waals surface area (Å²) in [6.07, 6.45) is 3.52. The van der Waals surface area contributed by atoms with E-state index in [1.165, 1.54) is 12.8 Å². The van der Waals surface area contributed by atoms with E-state index in [0.717, 1.165) is 19.5 Å². The molecule has 4 atom stereocenters. The van der Waals surface area contributed by atoms with Crippen LogP contribution in [0.4, 0.5) is 0 Å². The van der Waals surface area contributed by atoms with Crippen molar-refractivity contribution in [1.82, 2.24) is 10.2 Å². The minimum Gasteiger partial charge on any atom is -0.375 e. The number of likely N-dealkylation sites (tertiary alicyclic amines) is 1. The molecule has 3 rings (SSSR count). The van der Waals surface area contributed by atoms with Crippen molar-refractivity contribution in [3.05, 3.63) is 0 Å². The highest BCUT2D eigenvalue weighted by atomic mass is 35.5. The van der Waals surface area contributed by atoms with Crippen LogP contribution in [-0.2, 0) is 9.53 Å². The third-order valence-corrected chi connectivity index (χ3v) is 5.28. The average molecular weight is 317 g/mol. The maximum Gasteiger partial charge on any atom is 0.242 e. The van der Waals surface area contributed by atoms with Crippen molar-refractivity contribution in [3.8, 4) is 0 Å². The summed E-state index contributed by atoms with van der Waals surface area (Å²) in [7, 11) is 0. The van der Waals surface area contributed by atoms with Gasteiger partial charge in [-0.05, 0) is 37.0 Å². The third kappa shape index (κ3) is 3.22. The zero-order chi connectivity index (χ0) is 14.5. The first-order valence-corrected chi connectivity index (χ1v) is 7.95. The zero-order valence-electron chi connectivity index (χ0n) is 13.6. The van der Waals surface area contributed by atoms with Gasteiger partial charge in [-0.1, -0.05) is 20.8 Å². The topological polar surface area (TPSA) is 41.6 Å². The van der Waals surface area contributed by atoms with Gasteiger partial charge in [-0.2, -0.15) is 0 Å². The molecular weight excluding hydrogens is 288 g/mol. The maximum atomic E-state index is 12.9. The second-order valence-corrected chi connectivity index (χ2v) is 8.19. The van der Waals surface area contributed by atoms with Crippen LogP contribution in [-0.4, -0.2) is 48.7 Å². The first-order chi connectivity index (χ1) is 9.30. The molecule has 2 aliphatic heterocycles. The fraction of sp³-hybridized carbons (Fsp3) is 0.938. The van der Waals surface area contributed by atoms with Crippen LogP contribution >= 0.6 is 12.4 Å². The van der Waals surface area contributed by atoms with Crippen LogP contribution < -0.4 is 5.32 Å². The quantitative estimate of drug-likeness (QED) is 0.806. The van der Waals surface area contributed by atoms with Crippen LogP contribution in [0, 0.1) is 10.8 Å². The van der Waals surface area contributed by atoms with Crippen molar-refractivity contribution in [1.29, 1.82) is 0 Å². The Labute approximate surface area is 134 Å². The number of carbonyl (C=O) groups is 1. The van der Waals surface area contributed by atoms with E-state index in [1.54, 1.807) is 0 Å².